The number of carbonyl (C=O) groups is 1. The van der Waals surface area contributed by atoms with Gasteiger partial charge < -0.3 is 14.2 Å². The first kappa shape index (κ1) is 19.2. The fraction of sp³-hybridized carbons (Fsp3) is 0.348. The van der Waals surface area contributed by atoms with Crippen LogP contribution in [0.1, 0.15) is 36.7 Å². The first-order valence-corrected chi connectivity index (χ1v) is 9.95. The summed E-state index contributed by atoms with van der Waals surface area (Å²) in [6.45, 7) is 9.10. The van der Waals surface area contributed by atoms with Crippen LogP contribution in [0.4, 0.5) is 6.01 Å². The topological polar surface area (TPSA) is 62.5 Å². The third-order valence-corrected chi connectivity index (χ3v) is 5.27. The van der Waals surface area contributed by atoms with Crippen LogP contribution in [0.3, 0.4) is 0 Å². The molecule has 2 heterocycles. The van der Waals surface area contributed by atoms with Crippen LogP contribution >= 0.6 is 0 Å². The van der Waals surface area contributed by atoms with Crippen LogP contribution in [0, 0.1) is 0 Å². The zero-order valence-corrected chi connectivity index (χ0v) is 17.1. The quantitative estimate of drug-likeness (QED) is 0.676. The summed E-state index contributed by atoms with van der Waals surface area (Å²) < 4.78 is 5.83. The van der Waals surface area contributed by atoms with Gasteiger partial charge >= 0.3 is 6.01 Å². The summed E-state index contributed by atoms with van der Waals surface area (Å²) in [4.78, 5) is 16.8. The van der Waals surface area contributed by atoms with E-state index in [1.165, 1.54) is 5.56 Å². The van der Waals surface area contributed by atoms with E-state index in [4.69, 9.17) is 4.42 Å². The molecule has 0 aliphatic carbocycles. The molecule has 6 nitrogen and oxygen atoms in total. The molecule has 2 aromatic carbocycles. The highest BCUT2D eigenvalue weighted by Crippen LogP contribution is 2.24. The lowest BCUT2D eigenvalue weighted by Crippen LogP contribution is -2.49. The number of carbonyl (C=O) groups excluding carboxylic acids is 1. The number of nitrogens with zero attached hydrogens (tertiary/aromatic N) is 4. The Morgan fingerprint density at radius 2 is 1.55 bits per heavy atom. The SMILES string of the molecule is CC(C)(C)c1ccc(C(=O)N2CCN(c3nnc(-c4ccccc4)o3)CC2)cc1. The molecule has 0 atom stereocenters. The van der Waals surface area contributed by atoms with E-state index >= 15 is 0 Å². The highest BCUT2D eigenvalue weighted by Gasteiger charge is 2.25. The standard InChI is InChI=1S/C23H26N4O2/c1-23(2,3)19-11-9-18(10-12-19)21(28)26-13-15-27(16-14-26)22-25-24-20(29-22)17-7-5-4-6-8-17/h4-12H,13-16H2,1-3H3. The van der Waals surface area contributed by atoms with Crippen LogP contribution in [0.25, 0.3) is 11.5 Å². The Bertz CT molecular complexity index is 966. The van der Waals surface area contributed by atoms with Gasteiger partial charge in [-0.25, -0.2) is 0 Å². The second-order valence-corrected chi connectivity index (χ2v) is 8.36. The first-order valence-electron chi connectivity index (χ1n) is 9.95. The smallest absolute Gasteiger partial charge is 0.318 e. The number of benzene rings is 2. The van der Waals surface area contributed by atoms with Gasteiger partial charge in [-0.2, -0.15) is 0 Å². The van der Waals surface area contributed by atoms with Crippen LogP contribution in [-0.4, -0.2) is 47.2 Å². The molecule has 0 unspecified atom stereocenters. The minimum Gasteiger partial charge on any atom is -0.403 e. The van der Waals surface area contributed by atoms with Gasteiger partial charge in [0.1, 0.15) is 0 Å². The molecule has 150 valence electrons. The Morgan fingerprint density at radius 3 is 2.17 bits per heavy atom. The number of aromatic nitrogens is 2. The summed E-state index contributed by atoms with van der Waals surface area (Å²) >= 11 is 0. The van der Waals surface area contributed by atoms with E-state index in [1.807, 2.05) is 64.4 Å². The van der Waals surface area contributed by atoms with Crippen LogP contribution in [-0.2, 0) is 5.41 Å². The largest absolute Gasteiger partial charge is 0.403 e. The lowest BCUT2D eigenvalue weighted by Gasteiger charge is -2.33. The second kappa shape index (κ2) is 7.70. The van der Waals surface area contributed by atoms with Crippen LogP contribution in [0.2, 0.25) is 0 Å². The number of piperazine rings is 1. The zero-order valence-electron chi connectivity index (χ0n) is 17.1. The fourth-order valence-electron chi connectivity index (χ4n) is 3.44. The van der Waals surface area contributed by atoms with Crippen molar-refractivity contribution in [3.8, 4) is 11.5 Å². The molecule has 1 saturated heterocycles. The van der Waals surface area contributed by atoms with E-state index in [-0.39, 0.29) is 11.3 Å². The Morgan fingerprint density at radius 1 is 0.897 bits per heavy atom. The molecule has 0 bridgehead atoms. The van der Waals surface area contributed by atoms with Gasteiger partial charge in [-0.3, -0.25) is 4.79 Å². The van der Waals surface area contributed by atoms with E-state index in [1.54, 1.807) is 0 Å². The maximum atomic E-state index is 12.8. The minimum absolute atomic E-state index is 0.0700. The third kappa shape index (κ3) is 4.16. The summed E-state index contributed by atoms with van der Waals surface area (Å²) in [5.74, 6) is 0.582. The van der Waals surface area contributed by atoms with E-state index < -0.39 is 0 Å². The molecule has 1 aliphatic rings. The number of hydrogen-bond acceptors (Lipinski definition) is 5. The first-order chi connectivity index (χ1) is 13.9. The molecule has 1 aromatic heterocycles. The van der Waals surface area contributed by atoms with Crippen molar-refractivity contribution in [3.63, 3.8) is 0 Å². The monoisotopic (exact) mass is 390 g/mol. The van der Waals surface area contributed by atoms with Gasteiger partial charge in [0.25, 0.3) is 5.91 Å². The molecule has 0 saturated carbocycles. The minimum atomic E-state index is 0.0700. The number of anilines is 1. The van der Waals surface area contributed by atoms with Crippen molar-refractivity contribution in [3.05, 3.63) is 65.7 Å². The Kier molecular flexibility index (Phi) is 5.09. The molecular formula is C23H26N4O2. The number of rotatable bonds is 3. The van der Waals surface area contributed by atoms with Crippen LogP contribution in [0.15, 0.2) is 59.0 Å². The summed E-state index contributed by atoms with van der Waals surface area (Å²) in [6.07, 6.45) is 0. The Balaban J connectivity index is 1.38. The van der Waals surface area contributed by atoms with Gasteiger partial charge in [-0.05, 0) is 35.2 Å². The van der Waals surface area contributed by atoms with Crippen molar-refractivity contribution in [2.45, 2.75) is 26.2 Å². The molecule has 0 N–H and O–H groups in total. The molecule has 0 radical (unpaired) electrons. The predicted molar refractivity (Wildman–Crippen MR) is 113 cm³/mol. The molecule has 6 heteroatoms. The molecule has 1 fully saturated rings. The fourth-order valence-corrected chi connectivity index (χ4v) is 3.44. The van der Waals surface area contributed by atoms with Gasteiger partial charge in [-0.1, -0.05) is 56.2 Å². The van der Waals surface area contributed by atoms with E-state index in [0.29, 0.717) is 38.1 Å². The molecule has 0 spiro atoms. The van der Waals surface area contributed by atoms with Crippen molar-refractivity contribution >= 4 is 11.9 Å². The van der Waals surface area contributed by atoms with Gasteiger partial charge in [0.2, 0.25) is 5.89 Å². The van der Waals surface area contributed by atoms with Gasteiger partial charge in [0.05, 0.1) is 0 Å². The number of hydrogen-bond donors (Lipinski definition) is 0. The Hall–Kier alpha value is -3.15. The highest BCUT2D eigenvalue weighted by atomic mass is 16.4. The van der Waals surface area contributed by atoms with E-state index in [0.717, 1.165) is 11.1 Å². The molecular weight excluding hydrogens is 364 g/mol. The second-order valence-electron chi connectivity index (χ2n) is 8.36. The van der Waals surface area contributed by atoms with E-state index in [9.17, 15) is 4.79 Å². The normalized spacial score (nSPS) is 14.9. The third-order valence-electron chi connectivity index (χ3n) is 5.27. The van der Waals surface area contributed by atoms with E-state index in [2.05, 4.69) is 31.0 Å². The van der Waals surface area contributed by atoms with Crippen molar-refractivity contribution in [2.24, 2.45) is 0 Å². The summed E-state index contributed by atoms with van der Waals surface area (Å²) in [7, 11) is 0. The lowest BCUT2D eigenvalue weighted by atomic mass is 9.86. The average molecular weight is 390 g/mol. The average Bonchev–Trinajstić information content (AvgIpc) is 3.24. The van der Waals surface area contributed by atoms with Gasteiger partial charge in [0, 0.05) is 37.3 Å². The summed E-state index contributed by atoms with van der Waals surface area (Å²) in [6, 6.07) is 18.2. The highest BCUT2D eigenvalue weighted by molar-refractivity contribution is 5.94. The molecule has 29 heavy (non-hydrogen) atoms. The van der Waals surface area contributed by atoms with Crippen molar-refractivity contribution in [2.75, 3.05) is 31.1 Å². The maximum absolute atomic E-state index is 12.8. The Labute approximate surface area is 171 Å². The van der Waals surface area contributed by atoms with Gasteiger partial charge in [0.15, 0.2) is 0 Å². The van der Waals surface area contributed by atoms with Crippen molar-refractivity contribution in [1.82, 2.24) is 15.1 Å². The lowest BCUT2D eigenvalue weighted by molar-refractivity contribution is 0.0745. The molecule has 3 aromatic rings. The predicted octanol–water partition coefficient (Wildman–Crippen LogP) is 4.00. The molecule has 1 aliphatic heterocycles. The summed E-state index contributed by atoms with van der Waals surface area (Å²) in [5.41, 5.74) is 2.94. The number of amides is 1. The maximum Gasteiger partial charge on any atom is 0.318 e. The van der Waals surface area contributed by atoms with Crippen molar-refractivity contribution in [1.29, 1.82) is 0 Å². The van der Waals surface area contributed by atoms with Gasteiger partial charge in [-0.15, -0.1) is 5.10 Å². The zero-order chi connectivity index (χ0) is 20.4. The summed E-state index contributed by atoms with van der Waals surface area (Å²) in [5, 5.41) is 8.34. The van der Waals surface area contributed by atoms with Crippen LogP contribution in [0.5, 0.6) is 0 Å². The van der Waals surface area contributed by atoms with Crippen molar-refractivity contribution < 1.29 is 9.21 Å². The van der Waals surface area contributed by atoms with Crippen LogP contribution < -0.4 is 4.90 Å². The molecule has 1 amide bonds. The molecule has 4 rings (SSSR count).